The molecule has 0 bridgehead atoms. The molecular formula is C15H19BrO2. The lowest BCUT2D eigenvalue weighted by Gasteiger charge is -2.23. The van der Waals surface area contributed by atoms with Crippen molar-refractivity contribution < 1.29 is 9.53 Å². The van der Waals surface area contributed by atoms with Crippen LogP contribution in [0.25, 0.3) is 0 Å². The van der Waals surface area contributed by atoms with Gasteiger partial charge in [-0.3, -0.25) is 4.79 Å². The highest BCUT2D eigenvalue weighted by molar-refractivity contribution is 9.10. The quantitative estimate of drug-likeness (QED) is 0.736. The predicted molar refractivity (Wildman–Crippen MR) is 77.1 cm³/mol. The minimum absolute atomic E-state index is 0.0358. The zero-order valence-electron chi connectivity index (χ0n) is 11.6. The van der Waals surface area contributed by atoms with Crippen molar-refractivity contribution >= 4 is 21.7 Å². The van der Waals surface area contributed by atoms with Gasteiger partial charge in [-0.15, -0.1) is 0 Å². The number of alkyl halides is 1. The second-order valence-electron chi connectivity index (χ2n) is 6.16. The number of halogens is 1. The zero-order valence-corrected chi connectivity index (χ0v) is 13.1. The largest absolute Gasteiger partial charge is 0.496 e. The first kappa shape index (κ1) is 13.6. The molecule has 0 fully saturated rings. The summed E-state index contributed by atoms with van der Waals surface area (Å²) in [5.41, 5.74) is 2.96. The molecule has 1 atom stereocenters. The molecule has 0 radical (unpaired) electrons. The van der Waals surface area contributed by atoms with Gasteiger partial charge in [-0.05, 0) is 36.5 Å². The Bertz CT molecular complexity index is 510. The molecule has 3 heteroatoms. The molecule has 0 aliphatic heterocycles. The molecule has 18 heavy (non-hydrogen) atoms. The Morgan fingerprint density at radius 1 is 1.33 bits per heavy atom. The number of Topliss-reactive ketones (excluding diaryl/α,β-unsaturated/α-hetero) is 1. The van der Waals surface area contributed by atoms with Crippen molar-refractivity contribution in [2.75, 3.05) is 7.11 Å². The summed E-state index contributed by atoms with van der Waals surface area (Å²) in [5.74, 6) is 1.05. The van der Waals surface area contributed by atoms with Crippen molar-refractivity contribution in [3.8, 4) is 5.75 Å². The highest BCUT2D eigenvalue weighted by Crippen LogP contribution is 2.41. The van der Waals surface area contributed by atoms with E-state index in [4.69, 9.17) is 4.74 Å². The summed E-state index contributed by atoms with van der Waals surface area (Å²) < 4.78 is 5.01. The van der Waals surface area contributed by atoms with E-state index in [1.165, 1.54) is 0 Å². The number of fused-ring (bicyclic) bond motifs is 1. The van der Waals surface area contributed by atoms with Crippen LogP contribution in [0, 0.1) is 0 Å². The Kier molecular flexibility index (Phi) is 3.09. The van der Waals surface area contributed by atoms with Gasteiger partial charge in [-0.2, -0.15) is 0 Å². The molecule has 0 saturated heterocycles. The summed E-state index contributed by atoms with van der Waals surface area (Å²) in [6, 6.07) is 4.02. The number of methoxy groups -OCH3 is 1. The fourth-order valence-electron chi connectivity index (χ4n) is 2.45. The maximum Gasteiger partial charge on any atom is 0.179 e. The van der Waals surface area contributed by atoms with Crippen molar-refractivity contribution in [1.29, 1.82) is 0 Å². The van der Waals surface area contributed by atoms with E-state index in [0.29, 0.717) is 0 Å². The van der Waals surface area contributed by atoms with Crippen LogP contribution in [0.15, 0.2) is 12.1 Å². The highest BCUT2D eigenvalue weighted by Gasteiger charge is 2.40. The van der Waals surface area contributed by atoms with Crippen molar-refractivity contribution in [2.45, 2.75) is 43.9 Å². The van der Waals surface area contributed by atoms with Gasteiger partial charge in [0.1, 0.15) is 5.75 Å². The number of rotatable bonds is 1. The Labute approximate surface area is 117 Å². The van der Waals surface area contributed by atoms with Crippen LogP contribution >= 0.6 is 15.9 Å². The van der Waals surface area contributed by atoms with Crippen LogP contribution in [-0.4, -0.2) is 17.2 Å². The molecule has 98 valence electrons. The topological polar surface area (TPSA) is 26.3 Å². The molecule has 1 aromatic rings. The summed E-state index contributed by atoms with van der Waals surface area (Å²) in [6.45, 7) is 8.32. The summed E-state index contributed by atoms with van der Waals surface area (Å²) in [5, 5.41) is 0. The third kappa shape index (κ3) is 2.09. The smallest absolute Gasteiger partial charge is 0.179 e. The van der Waals surface area contributed by atoms with Crippen molar-refractivity contribution in [2.24, 2.45) is 0 Å². The maximum absolute atomic E-state index is 12.3. The SMILES string of the molecule is COc1cc2c(cc1C(C)(C)C)C(=O)C(C)(Br)C2. The summed E-state index contributed by atoms with van der Waals surface area (Å²) in [4.78, 5) is 12.3. The second-order valence-corrected chi connectivity index (χ2v) is 7.91. The van der Waals surface area contributed by atoms with Gasteiger partial charge in [0.2, 0.25) is 0 Å². The number of ether oxygens (including phenoxy) is 1. The maximum atomic E-state index is 12.3. The van der Waals surface area contributed by atoms with Crippen LogP contribution in [0.2, 0.25) is 0 Å². The van der Waals surface area contributed by atoms with Crippen LogP contribution in [-0.2, 0) is 11.8 Å². The number of hydrogen-bond acceptors (Lipinski definition) is 2. The van der Waals surface area contributed by atoms with Gasteiger partial charge >= 0.3 is 0 Å². The summed E-state index contributed by atoms with van der Waals surface area (Å²) in [6.07, 6.45) is 0.724. The predicted octanol–water partition coefficient (Wildman–Crippen LogP) is 3.89. The van der Waals surface area contributed by atoms with E-state index in [1.54, 1.807) is 7.11 Å². The number of ketones is 1. The first-order chi connectivity index (χ1) is 8.16. The molecule has 0 amide bonds. The van der Waals surface area contributed by atoms with Crippen molar-refractivity contribution in [1.82, 2.24) is 0 Å². The minimum Gasteiger partial charge on any atom is -0.496 e. The van der Waals surface area contributed by atoms with Gasteiger partial charge in [-0.25, -0.2) is 0 Å². The normalized spacial score (nSPS) is 23.1. The molecule has 0 spiro atoms. The third-order valence-corrected chi connectivity index (χ3v) is 4.11. The van der Waals surface area contributed by atoms with Crippen LogP contribution in [0.3, 0.4) is 0 Å². The first-order valence-electron chi connectivity index (χ1n) is 6.12. The lowest BCUT2D eigenvalue weighted by Crippen LogP contribution is -2.23. The van der Waals surface area contributed by atoms with Gasteiger partial charge in [0, 0.05) is 11.1 Å². The fourth-order valence-corrected chi connectivity index (χ4v) is 2.97. The van der Waals surface area contributed by atoms with Gasteiger partial charge in [0.05, 0.1) is 11.4 Å². The lowest BCUT2D eigenvalue weighted by molar-refractivity contribution is 0.0968. The average Bonchev–Trinajstić information content (AvgIpc) is 2.46. The highest BCUT2D eigenvalue weighted by atomic mass is 79.9. The average molecular weight is 311 g/mol. The molecule has 0 N–H and O–H groups in total. The molecule has 0 heterocycles. The van der Waals surface area contributed by atoms with E-state index in [1.807, 2.05) is 19.1 Å². The lowest BCUT2D eigenvalue weighted by atomic mass is 9.84. The van der Waals surface area contributed by atoms with Gasteiger partial charge in [0.15, 0.2) is 5.78 Å². The van der Waals surface area contributed by atoms with E-state index in [2.05, 4.69) is 36.7 Å². The number of benzene rings is 1. The fraction of sp³-hybridized carbons (Fsp3) is 0.533. The molecule has 0 aromatic heterocycles. The monoisotopic (exact) mass is 310 g/mol. The Morgan fingerprint density at radius 3 is 2.44 bits per heavy atom. The van der Waals surface area contributed by atoms with E-state index in [9.17, 15) is 4.79 Å². The summed E-state index contributed by atoms with van der Waals surface area (Å²) in [7, 11) is 1.68. The van der Waals surface area contributed by atoms with Crippen LogP contribution in [0.4, 0.5) is 0 Å². The molecule has 1 unspecified atom stereocenters. The Hall–Kier alpha value is -0.830. The van der Waals surface area contributed by atoms with E-state index in [-0.39, 0.29) is 11.2 Å². The van der Waals surface area contributed by atoms with E-state index in [0.717, 1.165) is 28.9 Å². The van der Waals surface area contributed by atoms with Gasteiger partial charge in [0.25, 0.3) is 0 Å². The molecule has 0 saturated carbocycles. The molecule has 1 aliphatic carbocycles. The van der Waals surface area contributed by atoms with Crippen LogP contribution < -0.4 is 4.74 Å². The molecule has 1 aromatic carbocycles. The van der Waals surface area contributed by atoms with Gasteiger partial charge in [-0.1, -0.05) is 36.7 Å². The Morgan fingerprint density at radius 2 is 1.94 bits per heavy atom. The van der Waals surface area contributed by atoms with Crippen molar-refractivity contribution in [3.05, 3.63) is 28.8 Å². The first-order valence-corrected chi connectivity index (χ1v) is 6.91. The van der Waals surface area contributed by atoms with Gasteiger partial charge < -0.3 is 4.74 Å². The van der Waals surface area contributed by atoms with E-state index < -0.39 is 4.32 Å². The minimum atomic E-state index is -0.461. The summed E-state index contributed by atoms with van der Waals surface area (Å²) >= 11 is 3.52. The van der Waals surface area contributed by atoms with Crippen molar-refractivity contribution in [3.63, 3.8) is 0 Å². The second kappa shape index (κ2) is 4.09. The molecule has 1 aliphatic rings. The van der Waals surface area contributed by atoms with Crippen LogP contribution in [0.5, 0.6) is 5.75 Å². The zero-order chi connectivity index (χ0) is 13.7. The number of hydrogen-bond donors (Lipinski definition) is 0. The standard InChI is InChI=1S/C15H19BrO2/c1-14(2,3)11-7-10-9(6-12(11)18-5)8-15(4,16)13(10)17/h6-7H,8H2,1-5H3. The van der Waals surface area contributed by atoms with Crippen LogP contribution in [0.1, 0.15) is 49.2 Å². The molecule has 2 nitrogen and oxygen atoms in total. The van der Waals surface area contributed by atoms with E-state index >= 15 is 0 Å². The number of carbonyl (C=O) groups is 1. The number of carbonyl (C=O) groups excluding carboxylic acids is 1. The molecule has 2 rings (SSSR count). The third-order valence-electron chi connectivity index (χ3n) is 3.47. The molecular weight excluding hydrogens is 292 g/mol. The Balaban J connectivity index is 2.63.